The molecule has 0 saturated carbocycles. The van der Waals surface area contributed by atoms with Crippen molar-refractivity contribution in [3.8, 4) is 0 Å². The highest BCUT2D eigenvalue weighted by Crippen LogP contribution is 2.33. The van der Waals surface area contributed by atoms with E-state index in [1.165, 1.54) is 6.92 Å². The van der Waals surface area contributed by atoms with E-state index in [1.54, 1.807) is 0 Å². The van der Waals surface area contributed by atoms with E-state index >= 15 is 0 Å². The van der Waals surface area contributed by atoms with Crippen molar-refractivity contribution in [2.24, 2.45) is 0 Å². The van der Waals surface area contributed by atoms with Gasteiger partial charge < -0.3 is 4.52 Å². The normalized spacial score (nSPS) is 11.8. The van der Waals surface area contributed by atoms with Crippen molar-refractivity contribution < 1.29 is 22.5 Å². The first kappa shape index (κ1) is 10.0. The number of halogens is 4. The third-order valence-corrected chi connectivity index (χ3v) is 1.51. The Bertz CT molecular complexity index is 344. The molecule has 7 heteroatoms. The number of alkyl halides is 3. The predicted octanol–water partition coefficient (Wildman–Crippen LogP) is 2.38. The Kier molecular flexibility index (Phi) is 2.34. The molecular weight excluding hydrogens is 211 g/mol. The topological polar surface area (TPSA) is 43.1 Å². The van der Waals surface area contributed by atoms with Gasteiger partial charge in [0.25, 0.3) is 11.0 Å². The van der Waals surface area contributed by atoms with Crippen molar-refractivity contribution in [3.63, 3.8) is 0 Å². The number of aryl methyl sites for hydroxylation is 1. The fraction of sp³-hybridized carbons (Fsp3) is 0.333. The van der Waals surface area contributed by atoms with E-state index in [9.17, 15) is 18.0 Å². The van der Waals surface area contributed by atoms with Crippen LogP contribution >= 0.6 is 11.6 Å². The van der Waals surface area contributed by atoms with Crippen LogP contribution in [0.1, 0.15) is 21.8 Å². The molecule has 1 heterocycles. The average molecular weight is 214 g/mol. The molecule has 0 N–H and O–H groups in total. The maximum atomic E-state index is 12.1. The molecule has 0 aromatic carbocycles. The summed E-state index contributed by atoms with van der Waals surface area (Å²) >= 11 is 4.92. The number of hydrogen-bond donors (Lipinski definition) is 0. The number of hydrogen-bond acceptors (Lipinski definition) is 3. The van der Waals surface area contributed by atoms with Gasteiger partial charge in [-0.1, -0.05) is 5.16 Å². The van der Waals surface area contributed by atoms with Crippen molar-refractivity contribution in [1.29, 1.82) is 0 Å². The van der Waals surface area contributed by atoms with Crippen LogP contribution < -0.4 is 0 Å². The second kappa shape index (κ2) is 3.02. The summed E-state index contributed by atoms with van der Waals surface area (Å²) in [5.74, 6) is -1.45. The maximum Gasteiger partial charge on any atom is 0.453 e. The lowest BCUT2D eigenvalue weighted by Crippen LogP contribution is -2.08. The van der Waals surface area contributed by atoms with E-state index < -0.39 is 22.7 Å². The van der Waals surface area contributed by atoms with Gasteiger partial charge in [0.2, 0.25) is 0 Å². The standard InChI is InChI=1S/C6H3ClF3NO2/c1-2-3(5(7)12)4(13-11-2)6(8,9)10/h1H3. The Morgan fingerprint density at radius 2 is 2.08 bits per heavy atom. The summed E-state index contributed by atoms with van der Waals surface area (Å²) in [4.78, 5) is 10.6. The molecule has 0 saturated heterocycles. The third-order valence-electron chi connectivity index (χ3n) is 1.32. The smallest absolute Gasteiger partial charge is 0.351 e. The van der Waals surface area contributed by atoms with Crippen molar-refractivity contribution in [3.05, 3.63) is 17.0 Å². The molecular formula is C6H3ClF3NO2. The summed E-state index contributed by atoms with van der Waals surface area (Å²) < 4.78 is 40.2. The maximum absolute atomic E-state index is 12.1. The molecule has 0 spiro atoms. The molecule has 0 aliphatic heterocycles. The molecule has 1 aromatic rings. The quantitative estimate of drug-likeness (QED) is 0.673. The van der Waals surface area contributed by atoms with Crippen LogP contribution in [0.5, 0.6) is 0 Å². The van der Waals surface area contributed by atoms with Crippen LogP contribution in [0, 0.1) is 6.92 Å². The minimum Gasteiger partial charge on any atom is -0.351 e. The van der Waals surface area contributed by atoms with Crippen molar-refractivity contribution in [2.75, 3.05) is 0 Å². The van der Waals surface area contributed by atoms with Gasteiger partial charge >= 0.3 is 6.18 Å². The van der Waals surface area contributed by atoms with Gasteiger partial charge in [-0.25, -0.2) is 0 Å². The van der Waals surface area contributed by atoms with Crippen LogP contribution in [0.15, 0.2) is 4.52 Å². The fourth-order valence-corrected chi connectivity index (χ4v) is 1.02. The van der Waals surface area contributed by atoms with Crippen LogP contribution in [0.25, 0.3) is 0 Å². The highest BCUT2D eigenvalue weighted by Gasteiger charge is 2.41. The highest BCUT2D eigenvalue weighted by molar-refractivity contribution is 6.68. The van der Waals surface area contributed by atoms with E-state index in [0.717, 1.165) is 0 Å². The number of aromatic nitrogens is 1. The Hall–Kier alpha value is -1.04. The molecule has 0 aliphatic carbocycles. The molecule has 0 radical (unpaired) electrons. The molecule has 0 bridgehead atoms. The molecule has 13 heavy (non-hydrogen) atoms. The molecule has 3 nitrogen and oxygen atoms in total. The van der Waals surface area contributed by atoms with Gasteiger partial charge in [0.15, 0.2) is 0 Å². The Labute approximate surface area is 75.5 Å². The summed E-state index contributed by atoms with van der Waals surface area (Å²) in [6.07, 6.45) is -4.75. The molecule has 0 aliphatic rings. The average Bonchev–Trinajstić information content (AvgIpc) is 2.28. The Morgan fingerprint density at radius 3 is 2.38 bits per heavy atom. The van der Waals surface area contributed by atoms with Crippen LogP contribution in [-0.2, 0) is 6.18 Å². The van der Waals surface area contributed by atoms with Gasteiger partial charge in [-0.15, -0.1) is 0 Å². The van der Waals surface area contributed by atoms with E-state index in [-0.39, 0.29) is 5.69 Å². The lowest BCUT2D eigenvalue weighted by Gasteiger charge is -2.01. The van der Waals surface area contributed by atoms with E-state index in [1.807, 2.05) is 0 Å². The molecule has 0 amide bonds. The Morgan fingerprint density at radius 1 is 1.54 bits per heavy atom. The largest absolute Gasteiger partial charge is 0.453 e. The minimum absolute atomic E-state index is 0.174. The highest BCUT2D eigenvalue weighted by atomic mass is 35.5. The minimum atomic E-state index is -4.75. The second-order valence-corrected chi connectivity index (χ2v) is 2.59. The van der Waals surface area contributed by atoms with Gasteiger partial charge in [-0.05, 0) is 18.5 Å². The fourth-order valence-electron chi connectivity index (χ4n) is 0.795. The molecule has 1 aromatic heterocycles. The summed E-state index contributed by atoms with van der Waals surface area (Å²) in [5.41, 5.74) is -0.901. The summed E-state index contributed by atoms with van der Waals surface area (Å²) in [5, 5.41) is 1.77. The molecule has 0 fully saturated rings. The first-order chi connectivity index (χ1) is 5.84. The first-order valence-corrected chi connectivity index (χ1v) is 3.45. The van der Waals surface area contributed by atoms with Crippen LogP contribution in [-0.4, -0.2) is 10.4 Å². The molecule has 0 unspecified atom stereocenters. The summed E-state index contributed by atoms with van der Waals surface area (Å²) in [7, 11) is 0. The predicted molar refractivity (Wildman–Crippen MR) is 36.4 cm³/mol. The molecule has 72 valence electrons. The van der Waals surface area contributed by atoms with E-state index in [4.69, 9.17) is 11.6 Å². The zero-order valence-electron chi connectivity index (χ0n) is 6.28. The number of carbonyl (C=O) groups excluding carboxylic acids is 1. The van der Waals surface area contributed by atoms with E-state index in [2.05, 4.69) is 9.68 Å². The van der Waals surface area contributed by atoms with Gasteiger partial charge in [-0.3, -0.25) is 4.79 Å². The number of nitrogens with zero attached hydrogens (tertiary/aromatic N) is 1. The van der Waals surface area contributed by atoms with Gasteiger partial charge in [0, 0.05) is 0 Å². The second-order valence-electron chi connectivity index (χ2n) is 2.24. The monoisotopic (exact) mass is 213 g/mol. The lowest BCUT2D eigenvalue weighted by molar-refractivity contribution is -0.155. The molecule has 0 atom stereocenters. The summed E-state index contributed by atoms with van der Waals surface area (Å²) in [6.45, 7) is 1.20. The third kappa shape index (κ3) is 1.82. The zero-order chi connectivity index (χ0) is 10.2. The number of rotatable bonds is 1. The van der Waals surface area contributed by atoms with Crippen LogP contribution in [0.3, 0.4) is 0 Å². The van der Waals surface area contributed by atoms with E-state index in [0.29, 0.717) is 0 Å². The summed E-state index contributed by atoms with van der Waals surface area (Å²) in [6, 6.07) is 0. The van der Waals surface area contributed by atoms with Crippen molar-refractivity contribution in [1.82, 2.24) is 5.16 Å². The lowest BCUT2D eigenvalue weighted by atomic mass is 10.2. The van der Waals surface area contributed by atoms with Crippen LogP contribution in [0.4, 0.5) is 13.2 Å². The number of carbonyl (C=O) groups is 1. The van der Waals surface area contributed by atoms with Crippen LogP contribution in [0.2, 0.25) is 0 Å². The SMILES string of the molecule is Cc1noc(C(F)(F)F)c1C(=O)Cl. The first-order valence-electron chi connectivity index (χ1n) is 3.07. The molecule has 1 rings (SSSR count). The van der Waals surface area contributed by atoms with Gasteiger partial charge in [0.05, 0.1) is 5.69 Å². The van der Waals surface area contributed by atoms with Gasteiger partial charge in [0.1, 0.15) is 5.56 Å². The van der Waals surface area contributed by atoms with Gasteiger partial charge in [-0.2, -0.15) is 13.2 Å². The van der Waals surface area contributed by atoms with Crippen molar-refractivity contribution >= 4 is 16.8 Å². The van der Waals surface area contributed by atoms with Crippen molar-refractivity contribution in [2.45, 2.75) is 13.1 Å². The zero-order valence-corrected chi connectivity index (χ0v) is 7.03. The Balaban J connectivity index is 3.31.